The van der Waals surface area contributed by atoms with E-state index < -0.39 is 0 Å². The molecule has 6 nitrogen and oxygen atoms in total. The number of benzene rings is 1. The number of nitrogens with one attached hydrogen (secondary N) is 1. The fraction of sp³-hybridized carbons (Fsp3) is 0.500. The van der Waals surface area contributed by atoms with E-state index in [4.69, 9.17) is 4.74 Å². The van der Waals surface area contributed by atoms with Crippen molar-refractivity contribution >= 4 is 11.9 Å². The Morgan fingerprint density at radius 3 is 2.68 bits per heavy atom. The van der Waals surface area contributed by atoms with Crippen molar-refractivity contribution in [3.05, 3.63) is 54.1 Å². The minimum atomic E-state index is -0.345. The highest BCUT2D eigenvalue weighted by atomic mass is 16.5. The molecule has 0 saturated heterocycles. The number of aromatic nitrogens is 2. The largest absolute Gasteiger partial charge is 0.454 e. The van der Waals surface area contributed by atoms with Crippen LogP contribution in [-0.4, -0.2) is 28.0 Å². The Morgan fingerprint density at radius 1 is 1.18 bits per heavy atom. The maximum atomic E-state index is 12.4. The second kappa shape index (κ2) is 12.0. The highest BCUT2D eigenvalue weighted by Gasteiger charge is 2.21. The van der Waals surface area contributed by atoms with Gasteiger partial charge in [-0.15, -0.1) is 0 Å². The Hall–Kier alpha value is -2.63. The highest BCUT2D eigenvalue weighted by molar-refractivity contribution is 5.72. The van der Waals surface area contributed by atoms with Crippen LogP contribution >= 0.6 is 0 Å². The SMILES string of the molecule is CCn1ccnc1C(CCc1ccccc1)OC(=O)CCCCCNC(C)=O. The molecule has 2 aromatic rings. The summed E-state index contributed by atoms with van der Waals surface area (Å²) < 4.78 is 7.84. The molecule has 1 aromatic heterocycles. The summed E-state index contributed by atoms with van der Waals surface area (Å²) in [6, 6.07) is 10.2. The van der Waals surface area contributed by atoms with Gasteiger partial charge in [-0.05, 0) is 38.2 Å². The van der Waals surface area contributed by atoms with Crippen LogP contribution < -0.4 is 5.32 Å². The molecule has 0 aliphatic rings. The predicted octanol–water partition coefficient (Wildman–Crippen LogP) is 3.82. The molecule has 0 aliphatic heterocycles. The number of unbranched alkanes of at least 4 members (excludes halogenated alkanes) is 2. The fourth-order valence-electron chi connectivity index (χ4n) is 3.11. The summed E-state index contributed by atoms with van der Waals surface area (Å²) in [5.41, 5.74) is 1.22. The number of hydrogen-bond donors (Lipinski definition) is 1. The quantitative estimate of drug-likeness (QED) is 0.445. The molecule has 2 rings (SSSR count). The average molecular weight is 386 g/mol. The van der Waals surface area contributed by atoms with E-state index in [1.165, 1.54) is 12.5 Å². The number of aryl methyl sites for hydroxylation is 2. The monoisotopic (exact) mass is 385 g/mol. The van der Waals surface area contributed by atoms with Gasteiger partial charge in [0, 0.05) is 38.8 Å². The summed E-state index contributed by atoms with van der Waals surface area (Å²) in [5, 5.41) is 2.76. The molecule has 1 unspecified atom stereocenters. The zero-order valence-corrected chi connectivity index (χ0v) is 16.9. The van der Waals surface area contributed by atoms with Gasteiger partial charge in [-0.2, -0.15) is 0 Å². The van der Waals surface area contributed by atoms with Gasteiger partial charge in [0.25, 0.3) is 0 Å². The van der Waals surface area contributed by atoms with Crippen molar-refractivity contribution in [3.8, 4) is 0 Å². The lowest BCUT2D eigenvalue weighted by Crippen LogP contribution is -2.20. The van der Waals surface area contributed by atoms with Crippen molar-refractivity contribution in [2.24, 2.45) is 0 Å². The average Bonchev–Trinajstić information content (AvgIpc) is 3.17. The van der Waals surface area contributed by atoms with Crippen molar-refractivity contribution < 1.29 is 14.3 Å². The topological polar surface area (TPSA) is 73.2 Å². The van der Waals surface area contributed by atoms with Gasteiger partial charge < -0.3 is 14.6 Å². The number of amides is 1. The van der Waals surface area contributed by atoms with E-state index >= 15 is 0 Å². The Morgan fingerprint density at radius 2 is 1.96 bits per heavy atom. The standard InChI is InChI=1S/C22H31N3O3/c1-3-25-17-16-24-22(25)20(14-13-19-10-6-4-7-11-19)28-21(27)12-8-5-9-15-23-18(2)26/h4,6-7,10-11,16-17,20H,3,5,8-9,12-15H2,1-2H3,(H,23,26). The van der Waals surface area contributed by atoms with Gasteiger partial charge in [0.2, 0.25) is 5.91 Å². The van der Waals surface area contributed by atoms with Crippen molar-refractivity contribution in [2.75, 3.05) is 6.54 Å². The van der Waals surface area contributed by atoms with Crippen LogP contribution in [0.25, 0.3) is 0 Å². The molecule has 0 spiro atoms. The molecule has 0 aliphatic carbocycles. The van der Waals surface area contributed by atoms with Gasteiger partial charge in [0.15, 0.2) is 6.10 Å². The molecule has 152 valence electrons. The Kier molecular flexibility index (Phi) is 9.25. The van der Waals surface area contributed by atoms with E-state index in [1.807, 2.05) is 29.0 Å². The van der Waals surface area contributed by atoms with Gasteiger partial charge in [0.1, 0.15) is 5.82 Å². The molecular weight excluding hydrogens is 354 g/mol. The summed E-state index contributed by atoms with van der Waals surface area (Å²) in [4.78, 5) is 27.6. The minimum Gasteiger partial charge on any atom is -0.454 e. The van der Waals surface area contributed by atoms with Crippen molar-refractivity contribution in [1.29, 1.82) is 0 Å². The lowest BCUT2D eigenvalue weighted by Gasteiger charge is -2.19. The Labute approximate surface area is 167 Å². The number of carbonyl (C=O) groups is 2. The van der Waals surface area contributed by atoms with Crippen LogP contribution in [0.1, 0.15) is 63.4 Å². The molecule has 0 bridgehead atoms. The number of ether oxygens (including phenoxy) is 1. The van der Waals surface area contributed by atoms with Gasteiger partial charge in [-0.25, -0.2) is 4.98 Å². The van der Waals surface area contributed by atoms with Crippen LogP contribution in [0.2, 0.25) is 0 Å². The lowest BCUT2D eigenvalue weighted by atomic mass is 10.1. The van der Waals surface area contributed by atoms with Gasteiger partial charge >= 0.3 is 5.97 Å². The third-order valence-corrected chi connectivity index (χ3v) is 4.62. The van der Waals surface area contributed by atoms with E-state index in [-0.39, 0.29) is 18.0 Å². The number of hydrogen-bond acceptors (Lipinski definition) is 4. The first-order valence-electron chi connectivity index (χ1n) is 10.1. The third kappa shape index (κ3) is 7.55. The molecule has 1 heterocycles. The first kappa shape index (κ1) is 21.7. The van der Waals surface area contributed by atoms with E-state index in [0.717, 1.165) is 38.1 Å². The number of rotatable bonds is 12. The Bertz CT molecular complexity index is 728. The molecule has 1 aromatic carbocycles. The predicted molar refractivity (Wildman–Crippen MR) is 109 cm³/mol. The molecule has 1 atom stereocenters. The van der Waals surface area contributed by atoms with Crippen LogP contribution in [-0.2, 0) is 27.3 Å². The summed E-state index contributed by atoms with van der Waals surface area (Å²) in [5.74, 6) is 0.591. The van der Waals surface area contributed by atoms with Gasteiger partial charge in [0.05, 0.1) is 0 Å². The molecule has 0 radical (unpaired) electrons. The van der Waals surface area contributed by atoms with Crippen molar-refractivity contribution in [3.63, 3.8) is 0 Å². The minimum absolute atomic E-state index is 0.0212. The number of esters is 1. The first-order valence-corrected chi connectivity index (χ1v) is 10.1. The molecule has 1 amide bonds. The number of carbonyl (C=O) groups excluding carboxylic acids is 2. The van der Waals surface area contributed by atoms with E-state index in [1.54, 1.807) is 6.20 Å². The number of nitrogens with zero attached hydrogens (tertiary/aromatic N) is 2. The summed E-state index contributed by atoms with van der Waals surface area (Å²) in [6.07, 6.45) is 7.74. The Balaban J connectivity index is 1.86. The summed E-state index contributed by atoms with van der Waals surface area (Å²) in [7, 11) is 0. The van der Waals surface area contributed by atoms with Gasteiger partial charge in [-0.3, -0.25) is 9.59 Å². The van der Waals surface area contributed by atoms with Crippen LogP contribution in [0.5, 0.6) is 0 Å². The zero-order valence-electron chi connectivity index (χ0n) is 16.9. The van der Waals surface area contributed by atoms with Crippen LogP contribution in [0.4, 0.5) is 0 Å². The van der Waals surface area contributed by atoms with Gasteiger partial charge in [-0.1, -0.05) is 36.8 Å². The normalized spacial score (nSPS) is 11.8. The zero-order chi connectivity index (χ0) is 20.2. The number of imidazole rings is 1. The maximum absolute atomic E-state index is 12.4. The highest BCUT2D eigenvalue weighted by Crippen LogP contribution is 2.23. The molecule has 1 N–H and O–H groups in total. The first-order chi connectivity index (χ1) is 13.6. The van der Waals surface area contributed by atoms with Crippen LogP contribution in [0.15, 0.2) is 42.7 Å². The fourth-order valence-corrected chi connectivity index (χ4v) is 3.11. The maximum Gasteiger partial charge on any atom is 0.306 e. The molecule has 6 heteroatoms. The molecule has 0 fully saturated rings. The van der Waals surface area contributed by atoms with Crippen molar-refractivity contribution in [1.82, 2.24) is 14.9 Å². The summed E-state index contributed by atoms with van der Waals surface area (Å²) >= 11 is 0. The summed E-state index contributed by atoms with van der Waals surface area (Å²) in [6.45, 7) is 5.00. The van der Waals surface area contributed by atoms with Crippen molar-refractivity contribution in [2.45, 2.75) is 65.0 Å². The van der Waals surface area contributed by atoms with E-state index in [9.17, 15) is 9.59 Å². The second-order valence-electron chi connectivity index (χ2n) is 6.87. The molecule has 28 heavy (non-hydrogen) atoms. The van der Waals surface area contributed by atoms with E-state index in [2.05, 4.69) is 29.4 Å². The van der Waals surface area contributed by atoms with Crippen LogP contribution in [0.3, 0.4) is 0 Å². The molecular formula is C22H31N3O3. The lowest BCUT2D eigenvalue weighted by molar-refractivity contribution is -0.150. The van der Waals surface area contributed by atoms with E-state index in [0.29, 0.717) is 19.4 Å². The molecule has 0 saturated carbocycles. The second-order valence-corrected chi connectivity index (χ2v) is 6.87. The third-order valence-electron chi connectivity index (χ3n) is 4.62. The smallest absolute Gasteiger partial charge is 0.306 e. The van der Waals surface area contributed by atoms with Crippen LogP contribution in [0, 0.1) is 0 Å².